The quantitative estimate of drug-likeness (QED) is 0.334. The number of carbonyl (C=O) groups excluding carboxylic acids is 1. The van der Waals surface area contributed by atoms with Crippen molar-refractivity contribution in [2.45, 2.75) is 39.0 Å². The van der Waals surface area contributed by atoms with Gasteiger partial charge in [-0.1, -0.05) is 32.1 Å². The molecule has 0 bridgehead atoms. The van der Waals surface area contributed by atoms with E-state index in [1.807, 2.05) is 0 Å². The first kappa shape index (κ1) is 14.0. The van der Waals surface area contributed by atoms with Gasteiger partial charge in [0.1, 0.15) is 13.2 Å². The fraction of sp³-hybridized carbons (Fsp3) is 0.750. The molecule has 0 aromatic rings. The Labute approximate surface area is 92.1 Å². The molecular formula is C12H20O3. The number of hydrogen-bond acceptors (Lipinski definition) is 3. The molecule has 0 saturated carbocycles. The van der Waals surface area contributed by atoms with Gasteiger partial charge < -0.3 is 9.47 Å². The Bertz CT molecular complexity index is 194. The topological polar surface area (TPSA) is 35.5 Å². The van der Waals surface area contributed by atoms with Crippen molar-refractivity contribution >= 4 is 5.97 Å². The highest BCUT2D eigenvalue weighted by molar-refractivity contribution is 5.69. The Morgan fingerprint density at radius 1 is 1.27 bits per heavy atom. The summed E-state index contributed by atoms with van der Waals surface area (Å²) in [6, 6.07) is 0. The second-order valence-corrected chi connectivity index (χ2v) is 3.29. The fourth-order valence-electron chi connectivity index (χ4n) is 1.11. The van der Waals surface area contributed by atoms with Crippen molar-refractivity contribution in [2.24, 2.45) is 0 Å². The van der Waals surface area contributed by atoms with Gasteiger partial charge in [-0.15, -0.1) is 6.42 Å². The van der Waals surface area contributed by atoms with Crippen LogP contribution >= 0.6 is 0 Å². The third-order valence-corrected chi connectivity index (χ3v) is 1.91. The normalized spacial score (nSPS) is 9.60. The van der Waals surface area contributed by atoms with Crippen LogP contribution in [0.25, 0.3) is 0 Å². The van der Waals surface area contributed by atoms with E-state index in [-0.39, 0.29) is 12.6 Å². The van der Waals surface area contributed by atoms with Crippen LogP contribution in [0.4, 0.5) is 0 Å². The zero-order valence-electron chi connectivity index (χ0n) is 9.46. The molecule has 0 aromatic carbocycles. The number of unbranched alkanes of at least 4 members (excludes halogenated alkanes) is 3. The minimum atomic E-state index is -0.143. The van der Waals surface area contributed by atoms with E-state index >= 15 is 0 Å². The Balaban J connectivity index is 3.16. The van der Waals surface area contributed by atoms with Gasteiger partial charge in [0.05, 0.1) is 6.61 Å². The molecule has 0 aliphatic heterocycles. The number of rotatable bonds is 9. The molecule has 0 aliphatic carbocycles. The molecule has 3 heteroatoms. The van der Waals surface area contributed by atoms with Crippen LogP contribution in [0.3, 0.4) is 0 Å². The zero-order valence-corrected chi connectivity index (χ0v) is 9.46. The monoisotopic (exact) mass is 212 g/mol. The molecule has 0 fully saturated rings. The summed E-state index contributed by atoms with van der Waals surface area (Å²) in [6.07, 6.45) is 9.86. The maximum Gasteiger partial charge on any atom is 0.305 e. The van der Waals surface area contributed by atoms with E-state index in [1.165, 1.54) is 12.8 Å². The molecule has 0 aromatic heterocycles. The Hall–Kier alpha value is -1.01. The highest BCUT2D eigenvalue weighted by Crippen LogP contribution is 2.03. The van der Waals surface area contributed by atoms with E-state index in [9.17, 15) is 4.79 Å². The summed E-state index contributed by atoms with van der Waals surface area (Å²) in [6.45, 7) is 3.09. The SMILES string of the molecule is C#CCOCCOC(=O)CCCCCC. The molecule has 0 saturated heterocycles. The van der Waals surface area contributed by atoms with Crippen molar-refractivity contribution in [2.75, 3.05) is 19.8 Å². The lowest BCUT2D eigenvalue weighted by Gasteiger charge is -2.04. The molecule has 0 aliphatic rings. The van der Waals surface area contributed by atoms with Crippen LogP contribution < -0.4 is 0 Å². The number of esters is 1. The molecular weight excluding hydrogens is 192 g/mol. The highest BCUT2D eigenvalue weighted by atomic mass is 16.6. The van der Waals surface area contributed by atoms with E-state index in [4.69, 9.17) is 15.9 Å². The van der Waals surface area contributed by atoms with Crippen LogP contribution in [-0.4, -0.2) is 25.8 Å². The fourth-order valence-corrected chi connectivity index (χ4v) is 1.11. The summed E-state index contributed by atoms with van der Waals surface area (Å²) < 4.78 is 9.90. The van der Waals surface area contributed by atoms with Gasteiger partial charge in [-0.25, -0.2) is 0 Å². The van der Waals surface area contributed by atoms with E-state index in [2.05, 4.69) is 12.8 Å². The summed E-state index contributed by atoms with van der Waals surface area (Å²) in [5.74, 6) is 2.20. The van der Waals surface area contributed by atoms with Crippen LogP contribution in [0.15, 0.2) is 0 Å². The average Bonchev–Trinajstić information content (AvgIpc) is 2.24. The first-order chi connectivity index (χ1) is 7.31. The number of terminal acetylenes is 1. The number of hydrogen-bond donors (Lipinski definition) is 0. The van der Waals surface area contributed by atoms with Crippen molar-refractivity contribution in [3.8, 4) is 12.3 Å². The van der Waals surface area contributed by atoms with Crippen LogP contribution in [-0.2, 0) is 14.3 Å². The molecule has 0 heterocycles. The predicted octanol–water partition coefficient (Wildman–Crippen LogP) is 2.15. The molecule has 15 heavy (non-hydrogen) atoms. The van der Waals surface area contributed by atoms with Gasteiger partial charge in [0.2, 0.25) is 0 Å². The van der Waals surface area contributed by atoms with E-state index in [0.717, 1.165) is 12.8 Å². The van der Waals surface area contributed by atoms with Crippen molar-refractivity contribution < 1.29 is 14.3 Å². The lowest BCUT2D eigenvalue weighted by atomic mass is 10.2. The first-order valence-corrected chi connectivity index (χ1v) is 5.48. The van der Waals surface area contributed by atoms with Crippen LogP contribution in [0, 0.1) is 12.3 Å². The first-order valence-electron chi connectivity index (χ1n) is 5.48. The maximum atomic E-state index is 11.1. The summed E-state index contributed by atoms with van der Waals surface area (Å²) in [5.41, 5.74) is 0. The third-order valence-electron chi connectivity index (χ3n) is 1.91. The van der Waals surface area contributed by atoms with Gasteiger partial charge in [-0.05, 0) is 6.42 Å². The molecule has 0 unspecified atom stereocenters. The Morgan fingerprint density at radius 2 is 2.07 bits per heavy atom. The number of ether oxygens (including phenoxy) is 2. The number of carbonyl (C=O) groups is 1. The molecule has 0 rings (SSSR count). The van der Waals surface area contributed by atoms with E-state index in [0.29, 0.717) is 19.6 Å². The summed E-state index contributed by atoms with van der Waals surface area (Å²) in [7, 11) is 0. The van der Waals surface area contributed by atoms with E-state index < -0.39 is 0 Å². The largest absolute Gasteiger partial charge is 0.463 e. The van der Waals surface area contributed by atoms with Crippen LogP contribution in [0.2, 0.25) is 0 Å². The van der Waals surface area contributed by atoms with Crippen molar-refractivity contribution in [3.63, 3.8) is 0 Å². The minimum Gasteiger partial charge on any atom is -0.463 e. The summed E-state index contributed by atoms with van der Waals surface area (Å²) in [5, 5.41) is 0. The van der Waals surface area contributed by atoms with Gasteiger partial charge in [-0.3, -0.25) is 4.79 Å². The van der Waals surface area contributed by atoms with Crippen LogP contribution in [0.1, 0.15) is 39.0 Å². The molecule has 0 amide bonds. The molecule has 86 valence electrons. The second kappa shape index (κ2) is 11.1. The van der Waals surface area contributed by atoms with Crippen molar-refractivity contribution in [3.05, 3.63) is 0 Å². The average molecular weight is 212 g/mol. The van der Waals surface area contributed by atoms with Gasteiger partial charge in [-0.2, -0.15) is 0 Å². The Kier molecular flexibility index (Phi) is 10.3. The smallest absolute Gasteiger partial charge is 0.305 e. The third kappa shape index (κ3) is 10.9. The molecule has 0 spiro atoms. The van der Waals surface area contributed by atoms with Gasteiger partial charge in [0.15, 0.2) is 0 Å². The van der Waals surface area contributed by atoms with E-state index in [1.54, 1.807) is 0 Å². The van der Waals surface area contributed by atoms with Gasteiger partial charge >= 0.3 is 5.97 Å². The van der Waals surface area contributed by atoms with Crippen LogP contribution in [0.5, 0.6) is 0 Å². The molecule has 0 radical (unpaired) electrons. The lowest BCUT2D eigenvalue weighted by Crippen LogP contribution is -2.10. The van der Waals surface area contributed by atoms with Gasteiger partial charge in [0, 0.05) is 6.42 Å². The minimum absolute atomic E-state index is 0.143. The second-order valence-electron chi connectivity index (χ2n) is 3.29. The summed E-state index contributed by atoms with van der Waals surface area (Å²) >= 11 is 0. The van der Waals surface area contributed by atoms with Crippen molar-refractivity contribution in [1.82, 2.24) is 0 Å². The lowest BCUT2D eigenvalue weighted by molar-refractivity contribution is -0.145. The van der Waals surface area contributed by atoms with Crippen molar-refractivity contribution in [1.29, 1.82) is 0 Å². The summed E-state index contributed by atoms with van der Waals surface area (Å²) in [4.78, 5) is 11.1. The highest BCUT2D eigenvalue weighted by Gasteiger charge is 2.01. The Morgan fingerprint density at radius 3 is 2.73 bits per heavy atom. The molecule has 0 N–H and O–H groups in total. The zero-order chi connectivity index (χ0) is 11.4. The standard InChI is InChI=1S/C12H20O3/c1-3-5-6-7-8-12(13)15-11-10-14-9-4-2/h2H,3,5-11H2,1H3. The maximum absolute atomic E-state index is 11.1. The molecule has 0 atom stereocenters. The molecule has 3 nitrogen and oxygen atoms in total. The van der Waals surface area contributed by atoms with Gasteiger partial charge in [0.25, 0.3) is 0 Å². The predicted molar refractivity (Wildman–Crippen MR) is 59.4 cm³/mol.